The molecule has 198 valence electrons. The molecule has 2 aromatic carbocycles. The largest absolute Gasteiger partial charge is 0.493 e. The number of carbonyl (C=O) groups is 2. The lowest BCUT2D eigenvalue weighted by Crippen LogP contribution is -2.11. The van der Waals surface area contributed by atoms with Gasteiger partial charge in [0, 0.05) is 53.6 Å². The summed E-state index contributed by atoms with van der Waals surface area (Å²) in [5.74, 6) is 0.363. The number of fused-ring (bicyclic) bond motifs is 1. The number of halogens is 1. The summed E-state index contributed by atoms with van der Waals surface area (Å²) >= 11 is 1.27. The van der Waals surface area contributed by atoms with Crippen LogP contribution in [-0.2, 0) is 4.74 Å². The van der Waals surface area contributed by atoms with Gasteiger partial charge in [0.25, 0.3) is 0 Å². The molecule has 0 aliphatic carbocycles. The molecule has 0 N–H and O–H groups in total. The highest BCUT2D eigenvalue weighted by atomic mass is 32.1. The van der Waals surface area contributed by atoms with Crippen LogP contribution in [0.1, 0.15) is 47.0 Å². The maximum absolute atomic E-state index is 14.3. The Hall–Kier alpha value is -3.82. The summed E-state index contributed by atoms with van der Waals surface area (Å²) < 4.78 is 36.7. The minimum Gasteiger partial charge on any atom is -0.493 e. The van der Waals surface area contributed by atoms with Gasteiger partial charge < -0.3 is 18.9 Å². The van der Waals surface area contributed by atoms with Crippen molar-refractivity contribution in [2.75, 3.05) is 27.6 Å². The molecule has 0 bridgehead atoms. The Morgan fingerprint density at radius 2 is 1.79 bits per heavy atom. The molecular formula is C29H28FNO6S. The van der Waals surface area contributed by atoms with Gasteiger partial charge in [-0.3, -0.25) is 9.59 Å². The average molecular weight is 538 g/mol. The van der Waals surface area contributed by atoms with Gasteiger partial charge in [0.2, 0.25) is 0 Å². The smallest absolute Gasteiger partial charge is 0.188 e. The molecule has 7 nitrogen and oxygen atoms in total. The van der Waals surface area contributed by atoms with Crippen LogP contribution in [0.15, 0.2) is 54.0 Å². The minimum absolute atomic E-state index is 0.0284. The first kappa shape index (κ1) is 27.2. The second kappa shape index (κ2) is 12.6. The number of nitrogens with zero attached hydrogens (tertiary/aromatic N) is 1. The fraction of sp³-hybridized carbons (Fsp3) is 0.276. The van der Waals surface area contributed by atoms with E-state index >= 15 is 0 Å². The van der Waals surface area contributed by atoms with Crippen molar-refractivity contribution in [2.24, 2.45) is 0 Å². The van der Waals surface area contributed by atoms with Crippen molar-refractivity contribution < 1.29 is 32.9 Å². The molecule has 2 aromatic heterocycles. The summed E-state index contributed by atoms with van der Waals surface area (Å²) in [5, 5.41) is 2.53. The van der Waals surface area contributed by atoms with E-state index in [-0.39, 0.29) is 48.5 Å². The van der Waals surface area contributed by atoms with Crippen molar-refractivity contribution >= 4 is 33.0 Å². The lowest BCUT2D eigenvalue weighted by molar-refractivity contribution is 0.0502. The van der Waals surface area contributed by atoms with E-state index in [1.165, 1.54) is 37.8 Å². The molecule has 2 heterocycles. The number of rotatable bonds is 13. The third kappa shape index (κ3) is 5.84. The van der Waals surface area contributed by atoms with Crippen LogP contribution in [-0.4, -0.2) is 44.2 Å². The average Bonchev–Trinajstić information content (AvgIpc) is 3.38. The molecule has 0 saturated carbocycles. The zero-order valence-electron chi connectivity index (χ0n) is 21.4. The van der Waals surface area contributed by atoms with E-state index < -0.39 is 0 Å². The summed E-state index contributed by atoms with van der Waals surface area (Å²) in [5.41, 5.74) is 1.82. The van der Waals surface area contributed by atoms with Gasteiger partial charge in [-0.15, -0.1) is 11.3 Å². The number of hydrogen-bond acceptors (Lipinski definition) is 8. The Kier molecular flexibility index (Phi) is 9.04. The SMILES string of the molecule is CCCOc1ccc(C(=O)CCC(=O)c2nccc(-c3csc4c(F)cccc34)c2OCOC)cc1OC. The zero-order valence-corrected chi connectivity index (χ0v) is 22.2. The van der Waals surface area contributed by atoms with Gasteiger partial charge in [-0.25, -0.2) is 9.37 Å². The first-order valence-corrected chi connectivity index (χ1v) is 13.0. The van der Waals surface area contributed by atoms with Crippen molar-refractivity contribution in [1.29, 1.82) is 0 Å². The predicted octanol–water partition coefficient (Wildman–Crippen LogP) is 6.73. The van der Waals surface area contributed by atoms with Gasteiger partial charge in [0.1, 0.15) is 11.5 Å². The summed E-state index contributed by atoms with van der Waals surface area (Å²) in [6, 6.07) is 11.5. The Morgan fingerprint density at radius 3 is 2.55 bits per heavy atom. The van der Waals surface area contributed by atoms with Gasteiger partial charge >= 0.3 is 0 Å². The second-order valence-corrected chi connectivity index (χ2v) is 9.29. The van der Waals surface area contributed by atoms with Crippen molar-refractivity contribution in [2.45, 2.75) is 26.2 Å². The summed E-state index contributed by atoms with van der Waals surface area (Å²) in [6.45, 7) is 2.43. The van der Waals surface area contributed by atoms with E-state index in [1.807, 2.05) is 18.4 Å². The zero-order chi connectivity index (χ0) is 27.1. The number of Topliss-reactive ketones (excluding diaryl/α,β-unsaturated/α-hetero) is 2. The monoisotopic (exact) mass is 537 g/mol. The van der Waals surface area contributed by atoms with Gasteiger partial charge in [0.15, 0.2) is 35.6 Å². The van der Waals surface area contributed by atoms with Crippen LogP contribution in [0.2, 0.25) is 0 Å². The van der Waals surface area contributed by atoms with E-state index in [2.05, 4.69) is 4.98 Å². The quantitative estimate of drug-likeness (QED) is 0.138. The van der Waals surface area contributed by atoms with E-state index in [4.69, 9.17) is 18.9 Å². The van der Waals surface area contributed by atoms with Crippen molar-refractivity contribution in [1.82, 2.24) is 4.98 Å². The van der Waals surface area contributed by atoms with Gasteiger partial charge in [-0.05, 0) is 36.8 Å². The van der Waals surface area contributed by atoms with Crippen LogP contribution < -0.4 is 14.2 Å². The van der Waals surface area contributed by atoms with Crippen molar-refractivity contribution in [3.63, 3.8) is 0 Å². The Bertz CT molecular complexity index is 1450. The highest BCUT2D eigenvalue weighted by Gasteiger charge is 2.23. The third-order valence-corrected chi connectivity index (χ3v) is 6.86. The van der Waals surface area contributed by atoms with Crippen LogP contribution in [0.4, 0.5) is 4.39 Å². The number of aromatic nitrogens is 1. The normalized spacial score (nSPS) is 10.9. The lowest BCUT2D eigenvalue weighted by Gasteiger charge is -2.14. The molecule has 0 atom stereocenters. The topological polar surface area (TPSA) is 84.0 Å². The summed E-state index contributed by atoms with van der Waals surface area (Å²) in [6.07, 6.45) is 2.25. The van der Waals surface area contributed by atoms with E-state index in [1.54, 1.807) is 30.3 Å². The van der Waals surface area contributed by atoms with Crippen molar-refractivity contribution in [3.8, 4) is 28.4 Å². The molecule has 9 heteroatoms. The summed E-state index contributed by atoms with van der Waals surface area (Å²) in [4.78, 5) is 30.4. The molecule has 4 rings (SSSR count). The van der Waals surface area contributed by atoms with Crippen LogP contribution in [0.5, 0.6) is 17.2 Å². The number of carbonyl (C=O) groups excluding carboxylic acids is 2. The number of thiophene rings is 1. The molecule has 0 aliphatic heterocycles. The number of hydrogen-bond donors (Lipinski definition) is 0. The van der Waals surface area contributed by atoms with Crippen LogP contribution in [0.25, 0.3) is 21.2 Å². The maximum atomic E-state index is 14.3. The van der Waals surface area contributed by atoms with Gasteiger partial charge in [-0.2, -0.15) is 0 Å². The molecule has 0 radical (unpaired) electrons. The molecule has 38 heavy (non-hydrogen) atoms. The van der Waals surface area contributed by atoms with Crippen LogP contribution in [0, 0.1) is 5.82 Å². The van der Waals surface area contributed by atoms with Gasteiger partial charge in [-0.1, -0.05) is 19.1 Å². The standard InChI is InChI=1S/C29H28FNO6S/c1-4-14-36-25-11-8-18(15-26(25)35-3)23(32)9-10-24(33)27-28(37-17-34-2)19(12-13-31-27)21-16-38-29-20(21)6-5-7-22(29)30/h5-8,11-13,15-16H,4,9-10,14,17H2,1-3H3. The molecule has 0 aliphatic rings. The molecular weight excluding hydrogens is 509 g/mol. The van der Waals surface area contributed by atoms with E-state index in [0.717, 1.165) is 12.0 Å². The van der Waals surface area contributed by atoms with Crippen LogP contribution >= 0.6 is 11.3 Å². The molecule has 0 unspecified atom stereocenters. The van der Waals surface area contributed by atoms with Crippen LogP contribution in [0.3, 0.4) is 0 Å². The predicted molar refractivity (Wildman–Crippen MR) is 144 cm³/mol. The molecule has 0 spiro atoms. The number of ether oxygens (including phenoxy) is 4. The Balaban J connectivity index is 1.58. The minimum atomic E-state index is -0.355. The van der Waals surface area contributed by atoms with Crippen molar-refractivity contribution in [3.05, 3.63) is 71.1 Å². The molecule has 0 saturated heterocycles. The molecule has 0 fully saturated rings. The molecule has 0 amide bonds. The first-order chi connectivity index (χ1) is 18.5. The highest BCUT2D eigenvalue weighted by molar-refractivity contribution is 7.17. The number of pyridine rings is 1. The summed E-state index contributed by atoms with van der Waals surface area (Å²) in [7, 11) is 2.98. The second-order valence-electron chi connectivity index (χ2n) is 8.41. The molecule has 4 aromatic rings. The number of methoxy groups -OCH3 is 2. The lowest BCUT2D eigenvalue weighted by atomic mass is 9.99. The Morgan fingerprint density at radius 1 is 0.974 bits per heavy atom. The third-order valence-electron chi connectivity index (χ3n) is 5.86. The number of benzene rings is 2. The first-order valence-electron chi connectivity index (χ1n) is 12.1. The Labute approximate surface area is 224 Å². The maximum Gasteiger partial charge on any atom is 0.188 e. The fourth-order valence-electron chi connectivity index (χ4n) is 4.02. The highest BCUT2D eigenvalue weighted by Crippen LogP contribution is 2.41. The fourth-order valence-corrected chi connectivity index (χ4v) is 4.99. The van der Waals surface area contributed by atoms with E-state index in [0.29, 0.717) is 39.3 Å². The van der Waals surface area contributed by atoms with E-state index in [9.17, 15) is 14.0 Å². The van der Waals surface area contributed by atoms with Gasteiger partial charge in [0.05, 0.1) is 18.4 Å². The number of ketones is 2.